The third kappa shape index (κ3) is 3.02. The van der Waals surface area contributed by atoms with Crippen LogP contribution >= 0.6 is 0 Å². The van der Waals surface area contributed by atoms with Crippen LogP contribution in [0.3, 0.4) is 0 Å². The molecular formula is C14H25N3. The lowest BCUT2D eigenvalue weighted by Gasteiger charge is -2.30. The topological polar surface area (TPSA) is 43.8 Å². The van der Waals surface area contributed by atoms with Gasteiger partial charge in [0.25, 0.3) is 0 Å². The Morgan fingerprint density at radius 1 is 1.47 bits per heavy atom. The predicted octanol–water partition coefficient (Wildman–Crippen LogP) is 3.55. The first-order valence-corrected chi connectivity index (χ1v) is 6.88. The van der Waals surface area contributed by atoms with E-state index in [2.05, 4.69) is 23.6 Å². The average molecular weight is 235 g/mol. The van der Waals surface area contributed by atoms with Gasteiger partial charge in [0.2, 0.25) is 0 Å². The van der Waals surface area contributed by atoms with E-state index in [-0.39, 0.29) is 0 Å². The summed E-state index contributed by atoms with van der Waals surface area (Å²) in [6, 6.07) is 2.51. The summed E-state index contributed by atoms with van der Waals surface area (Å²) >= 11 is 0. The molecule has 0 amide bonds. The van der Waals surface area contributed by atoms with Gasteiger partial charge in [-0.05, 0) is 38.0 Å². The Bertz CT molecular complexity index is 368. The Labute approximate surface area is 104 Å². The molecule has 0 spiro atoms. The molecule has 1 aromatic rings. The minimum atomic E-state index is 0.529. The van der Waals surface area contributed by atoms with Crippen LogP contribution in [-0.4, -0.2) is 9.78 Å². The molecular weight excluding hydrogens is 210 g/mol. The van der Waals surface area contributed by atoms with Gasteiger partial charge in [-0.15, -0.1) is 0 Å². The van der Waals surface area contributed by atoms with E-state index >= 15 is 0 Å². The quantitative estimate of drug-likeness (QED) is 0.870. The molecule has 0 aliphatic heterocycles. The van der Waals surface area contributed by atoms with Crippen molar-refractivity contribution in [1.29, 1.82) is 0 Å². The maximum absolute atomic E-state index is 6.02. The van der Waals surface area contributed by atoms with Gasteiger partial charge in [0.05, 0.1) is 11.7 Å². The van der Waals surface area contributed by atoms with Gasteiger partial charge < -0.3 is 5.73 Å². The molecule has 2 unspecified atom stereocenters. The molecule has 1 heterocycles. The fourth-order valence-electron chi connectivity index (χ4n) is 3.19. The molecule has 0 saturated heterocycles. The number of aromatic nitrogens is 2. The number of nitrogen functional groups attached to an aromatic ring is 1. The number of hydrogen-bond donors (Lipinski definition) is 1. The van der Waals surface area contributed by atoms with Crippen molar-refractivity contribution in [1.82, 2.24) is 9.78 Å². The lowest BCUT2D eigenvalue weighted by molar-refractivity contribution is 0.228. The lowest BCUT2D eigenvalue weighted by atomic mass is 9.81. The second kappa shape index (κ2) is 5.11. The Morgan fingerprint density at radius 3 is 2.82 bits per heavy atom. The summed E-state index contributed by atoms with van der Waals surface area (Å²) in [4.78, 5) is 0. The van der Waals surface area contributed by atoms with Crippen molar-refractivity contribution in [3.63, 3.8) is 0 Å². The molecule has 1 aromatic heterocycles. The van der Waals surface area contributed by atoms with Gasteiger partial charge in [0.15, 0.2) is 0 Å². The maximum Gasteiger partial charge on any atom is 0.122 e. The molecule has 2 rings (SSSR count). The molecule has 1 aliphatic rings. The van der Waals surface area contributed by atoms with Gasteiger partial charge >= 0.3 is 0 Å². The summed E-state index contributed by atoms with van der Waals surface area (Å²) in [6.07, 6.45) is 6.54. The number of anilines is 1. The van der Waals surface area contributed by atoms with Gasteiger partial charge in [-0.2, -0.15) is 5.10 Å². The van der Waals surface area contributed by atoms with Crippen molar-refractivity contribution < 1.29 is 0 Å². The Balaban J connectivity index is 2.04. The second-order valence-corrected chi connectivity index (χ2v) is 5.97. The zero-order valence-electron chi connectivity index (χ0n) is 11.3. The van der Waals surface area contributed by atoms with E-state index in [0.717, 1.165) is 23.3 Å². The number of hydrogen-bond acceptors (Lipinski definition) is 2. The van der Waals surface area contributed by atoms with Crippen molar-refractivity contribution in [3.05, 3.63) is 11.8 Å². The van der Waals surface area contributed by atoms with Crippen LogP contribution in [0.15, 0.2) is 6.07 Å². The van der Waals surface area contributed by atoms with Crippen molar-refractivity contribution in [2.45, 2.75) is 58.9 Å². The molecule has 1 fully saturated rings. The van der Waals surface area contributed by atoms with Crippen molar-refractivity contribution in [2.75, 3.05) is 5.73 Å². The molecule has 0 bridgehead atoms. The highest BCUT2D eigenvalue weighted by Gasteiger charge is 2.25. The molecule has 3 heteroatoms. The normalized spacial score (nSPS) is 25.4. The van der Waals surface area contributed by atoms with E-state index in [4.69, 9.17) is 5.73 Å². The van der Waals surface area contributed by atoms with Crippen LogP contribution in [0.2, 0.25) is 0 Å². The summed E-state index contributed by atoms with van der Waals surface area (Å²) in [6.45, 7) is 6.65. The van der Waals surface area contributed by atoms with E-state index in [1.807, 2.05) is 13.0 Å². The van der Waals surface area contributed by atoms with E-state index in [0.29, 0.717) is 6.04 Å². The first-order chi connectivity index (χ1) is 8.06. The molecule has 2 N–H and O–H groups in total. The number of aryl methyl sites for hydroxylation is 1. The van der Waals surface area contributed by atoms with Gasteiger partial charge in [0.1, 0.15) is 5.82 Å². The molecule has 17 heavy (non-hydrogen) atoms. The molecule has 1 saturated carbocycles. The highest BCUT2D eigenvalue weighted by atomic mass is 15.3. The summed E-state index contributed by atoms with van der Waals surface area (Å²) in [5.41, 5.74) is 7.06. The minimum Gasteiger partial charge on any atom is -0.384 e. The minimum absolute atomic E-state index is 0.529. The standard InChI is InChI=1S/C14H25N3/c1-10(2)7-12-5-4-6-13(9-12)17-14(15)8-11(3)16-17/h8,10,12-13H,4-7,9,15H2,1-3H3. The smallest absolute Gasteiger partial charge is 0.122 e. The predicted molar refractivity (Wildman–Crippen MR) is 71.8 cm³/mol. The van der Waals surface area contributed by atoms with E-state index < -0.39 is 0 Å². The van der Waals surface area contributed by atoms with Gasteiger partial charge in [0, 0.05) is 6.07 Å². The summed E-state index contributed by atoms with van der Waals surface area (Å²) in [5, 5.41) is 4.54. The fourth-order valence-corrected chi connectivity index (χ4v) is 3.19. The SMILES string of the molecule is Cc1cc(N)n(C2CCCC(CC(C)C)C2)n1. The van der Waals surface area contributed by atoms with Crippen LogP contribution in [-0.2, 0) is 0 Å². The fraction of sp³-hybridized carbons (Fsp3) is 0.786. The highest BCUT2D eigenvalue weighted by Crippen LogP contribution is 2.36. The summed E-state index contributed by atoms with van der Waals surface area (Å²) < 4.78 is 2.06. The van der Waals surface area contributed by atoms with Crippen LogP contribution in [0.4, 0.5) is 5.82 Å². The highest BCUT2D eigenvalue weighted by molar-refractivity contribution is 5.30. The number of nitrogens with two attached hydrogens (primary N) is 1. The first-order valence-electron chi connectivity index (χ1n) is 6.88. The summed E-state index contributed by atoms with van der Waals surface area (Å²) in [5.74, 6) is 2.49. The lowest BCUT2D eigenvalue weighted by Crippen LogP contribution is -2.22. The van der Waals surface area contributed by atoms with E-state index in [9.17, 15) is 0 Å². The largest absolute Gasteiger partial charge is 0.384 e. The van der Waals surface area contributed by atoms with Crippen molar-refractivity contribution in [2.24, 2.45) is 11.8 Å². The molecule has 2 atom stereocenters. The van der Waals surface area contributed by atoms with Crippen molar-refractivity contribution >= 4 is 5.82 Å². The Kier molecular flexibility index (Phi) is 3.75. The van der Waals surface area contributed by atoms with Crippen LogP contribution in [0.1, 0.15) is 57.7 Å². The number of nitrogens with zero attached hydrogens (tertiary/aromatic N) is 2. The molecule has 1 aliphatic carbocycles. The van der Waals surface area contributed by atoms with Crippen LogP contribution < -0.4 is 5.73 Å². The van der Waals surface area contributed by atoms with Gasteiger partial charge in [-0.3, -0.25) is 0 Å². The summed E-state index contributed by atoms with van der Waals surface area (Å²) in [7, 11) is 0. The Hall–Kier alpha value is -0.990. The van der Waals surface area contributed by atoms with Crippen LogP contribution in [0.5, 0.6) is 0 Å². The molecule has 3 nitrogen and oxygen atoms in total. The molecule has 96 valence electrons. The second-order valence-electron chi connectivity index (χ2n) is 5.97. The van der Waals surface area contributed by atoms with Crippen LogP contribution in [0.25, 0.3) is 0 Å². The van der Waals surface area contributed by atoms with E-state index in [1.165, 1.54) is 32.1 Å². The monoisotopic (exact) mass is 235 g/mol. The van der Waals surface area contributed by atoms with Gasteiger partial charge in [-0.25, -0.2) is 4.68 Å². The van der Waals surface area contributed by atoms with Gasteiger partial charge in [-0.1, -0.05) is 26.7 Å². The van der Waals surface area contributed by atoms with Crippen LogP contribution in [0, 0.1) is 18.8 Å². The number of rotatable bonds is 3. The zero-order chi connectivity index (χ0) is 12.4. The van der Waals surface area contributed by atoms with Crippen molar-refractivity contribution in [3.8, 4) is 0 Å². The van der Waals surface area contributed by atoms with E-state index in [1.54, 1.807) is 0 Å². The average Bonchev–Trinajstić information content (AvgIpc) is 2.57. The molecule has 0 aromatic carbocycles. The zero-order valence-corrected chi connectivity index (χ0v) is 11.3. The Morgan fingerprint density at radius 2 is 2.24 bits per heavy atom. The third-order valence-corrected chi connectivity index (χ3v) is 3.79. The molecule has 0 radical (unpaired) electrons. The first kappa shape index (κ1) is 12.5. The maximum atomic E-state index is 6.02. The third-order valence-electron chi connectivity index (χ3n) is 3.79.